The second-order valence-corrected chi connectivity index (χ2v) is 26.1. The first-order valence-electron chi connectivity index (χ1n) is 27.9. The van der Waals surface area contributed by atoms with E-state index in [1.165, 1.54) is 50.9 Å². The number of pyridine rings is 2. The van der Waals surface area contributed by atoms with E-state index in [-0.39, 0.29) is 57.2 Å². The van der Waals surface area contributed by atoms with E-state index in [9.17, 15) is 32.8 Å². The van der Waals surface area contributed by atoms with Gasteiger partial charge in [0.05, 0.1) is 46.6 Å². The van der Waals surface area contributed by atoms with Gasteiger partial charge in [0.25, 0.3) is 21.8 Å². The molecule has 1 atom stereocenters. The molecule has 2 aliphatic carbocycles. The van der Waals surface area contributed by atoms with E-state index in [1.807, 2.05) is 0 Å². The number of carbonyl (C=O) groups excluding carboxylic acids is 1. The number of hydrogen-bond acceptors (Lipinski definition) is 16. The van der Waals surface area contributed by atoms with Crippen LogP contribution in [0, 0.1) is 34.2 Å². The number of aromatic nitrogens is 3. The van der Waals surface area contributed by atoms with Gasteiger partial charge in [-0.05, 0) is 123 Å². The van der Waals surface area contributed by atoms with Crippen LogP contribution in [0.25, 0.3) is 21.1 Å². The number of piperazine rings is 1. The van der Waals surface area contributed by atoms with Gasteiger partial charge < -0.3 is 34.5 Å². The molecule has 2 saturated heterocycles. The van der Waals surface area contributed by atoms with E-state index in [2.05, 4.69) is 103 Å². The van der Waals surface area contributed by atoms with Crippen molar-refractivity contribution >= 4 is 65.6 Å². The first-order chi connectivity index (χ1) is 38.8. The van der Waals surface area contributed by atoms with Gasteiger partial charge in [0.1, 0.15) is 27.9 Å². The van der Waals surface area contributed by atoms with Gasteiger partial charge in [-0.3, -0.25) is 24.7 Å². The number of piperidine rings is 1. The Morgan fingerprint density at radius 2 is 1.73 bits per heavy atom. The van der Waals surface area contributed by atoms with Crippen LogP contribution in [0.2, 0.25) is 0 Å². The van der Waals surface area contributed by atoms with Crippen LogP contribution >= 0.6 is 11.3 Å². The molecule has 4 aliphatic rings. The average Bonchev–Trinajstić information content (AvgIpc) is 4.08. The highest BCUT2D eigenvalue weighted by molar-refractivity contribution is 7.90. The minimum Gasteiger partial charge on any atom is -0.495 e. The van der Waals surface area contributed by atoms with Crippen LogP contribution in [0.15, 0.2) is 90.1 Å². The van der Waals surface area contributed by atoms with E-state index < -0.39 is 42.9 Å². The number of H-pyrrole nitrogens is 1. The second-order valence-electron chi connectivity index (χ2n) is 23.2. The number of thiophene rings is 1. The fourth-order valence-electron chi connectivity index (χ4n) is 12.8. The fraction of sp³-hybridized carbons (Fsp3) is 0.450. The largest absolute Gasteiger partial charge is 0.495 e. The van der Waals surface area contributed by atoms with Crippen molar-refractivity contribution in [3.8, 4) is 23.1 Å². The highest BCUT2D eigenvalue weighted by Crippen LogP contribution is 2.54. The predicted molar refractivity (Wildman–Crippen MR) is 311 cm³/mol. The van der Waals surface area contributed by atoms with Gasteiger partial charge in [0.15, 0.2) is 5.75 Å². The van der Waals surface area contributed by atoms with Crippen molar-refractivity contribution in [3.63, 3.8) is 0 Å². The molecule has 7 aromatic rings. The number of aryl methyl sites for hydroxylation is 1. The standard InChI is InChI=1S/C60H70FN9O9S2/c1-36(2)43-9-7-8-10-44(43)50-35-67(34-39-11-14-51(77-5)54-46(39)25-37(3)80-54)23-24-69(50)41-29-60(30-41)19-21-68(22-20-60)40-12-13-45(52(26-40)79-53-28-47-48(61)33-64-55(47)65-58(53)78-6)57(71)66-81(75,76)42-27-49(70(73)74)56(63-32-42)62-31-38-15-17-59(4,72)18-16-38/h7-14,25-28,32-33,36,38,41,50,72H,15-24,29-31,34-35H2,1-6H3,(H,62,63)(H,64,65)(H,66,71)/t38?,50-,59?/m0/s1. The molecular formula is C60H70FN9O9S2. The van der Waals surface area contributed by atoms with Crippen molar-refractivity contribution in [2.45, 2.75) is 114 Å². The monoisotopic (exact) mass is 1140 g/mol. The lowest BCUT2D eigenvalue weighted by Crippen LogP contribution is -2.60. The maximum atomic E-state index is 15.0. The summed E-state index contributed by atoms with van der Waals surface area (Å²) in [6.07, 6.45) is 8.78. The zero-order chi connectivity index (χ0) is 57.0. The molecule has 3 aromatic carbocycles. The molecule has 81 heavy (non-hydrogen) atoms. The number of ether oxygens (including phenoxy) is 3. The Bertz CT molecular complexity index is 3620. The van der Waals surface area contributed by atoms with Gasteiger partial charge in [0, 0.05) is 98.2 Å². The molecule has 0 unspecified atom stereocenters. The Labute approximate surface area is 475 Å². The minimum atomic E-state index is -4.75. The summed E-state index contributed by atoms with van der Waals surface area (Å²) in [6.45, 7) is 14.0. The van der Waals surface area contributed by atoms with E-state index in [4.69, 9.17) is 14.2 Å². The smallest absolute Gasteiger partial charge is 0.312 e. The number of nitrogens with one attached hydrogen (secondary N) is 3. The third-order valence-corrected chi connectivity index (χ3v) is 19.8. The van der Waals surface area contributed by atoms with Crippen LogP contribution < -0.4 is 29.1 Å². The molecule has 1 spiro atoms. The summed E-state index contributed by atoms with van der Waals surface area (Å²) in [7, 11) is -1.64. The number of aromatic amines is 1. The number of benzene rings is 3. The number of aliphatic hydroxyl groups is 1. The number of rotatable bonds is 17. The molecule has 4 aromatic heterocycles. The van der Waals surface area contributed by atoms with Gasteiger partial charge >= 0.3 is 5.69 Å². The molecule has 18 nitrogen and oxygen atoms in total. The van der Waals surface area contributed by atoms with Crippen LogP contribution in [-0.2, 0) is 16.6 Å². The summed E-state index contributed by atoms with van der Waals surface area (Å²) in [5, 5.41) is 27.0. The molecule has 4 N–H and O–H groups in total. The molecule has 21 heteroatoms. The molecule has 6 heterocycles. The van der Waals surface area contributed by atoms with Crippen LogP contribution in [0.1, 0.15) is 116 Å². The molecule has 2 saturated carbocycles. The minimum absolute atomic E-state index is 0.0148. The lowest BCUT2D eigenvalue weighted by molar-refractivity contribution is -0.384. The summed E-state index contributed by atoms with van der Waals surface area (Å²) in [6, 6.07) is 23.4. The molecule has 0 radical (unpaired) electrons. The fourth-order valence-corrected chi connectivity index (χ4v) is 14.8. The summed E-state index contributed by atoms with van der Waals surface area (Å²) in [4.78, 5) is 45.4. The summed E-state index contributed by atoms with van der Waals surface area (Å²) in [5.74, 6) is -0.454. The maximum Gasteiger partial charge on any atom is 0.312 e. The molecular weight excluding hydrogens is 1070 g/mol. The topological polar surface area (TPSA) is 218 Å². The van der Waals surface area contributed by atoms with Crippen LogP contribution in [-0.4, -0.2) is 114 Å². The summed E-state index contributed by atoms with van der Waals surface area (Å²) >= 11 is 1.78. The van der Waals surface area contributed by atoms with Crippen LogP contribution in [0.3, 0.4) is 0 Å². The van der Waals surface area contributed by atoms with Crippen molar-refractivity contribution in [2.75, 3.05) is 63.7 Å². The van der Waals surface area contributed by atoms with Crippen molar-refractivity contribution in [1.82, 2.24) is 29.5 Å². The van der Waals surface area contributed by atoms with E-state index in [1.54, 1.807) is 37.5 Å². The Kier molecular flexibility index (Phi) is 15.5. The Hall–Kier alpha value is -6.91. The Morgan fingerprint density at radius 3 is 2.46 bits per heavy atom. The van der Waals surface area contributed by atoms with Gasteiger partial charge in [-0.15, -0.1) is 11.3 Å². The number of anilines is 2. The van der Waals surface area contributed by atoms with Crippen molar-refractivity contribution in [3.05, 3.63) is 128 Å². The lowest BCUT2D eigenvalue weighted by atomic mass is 9.59. The maximum absolute atomic E-state index is 15.0. The van der Waals surface area contributed by atoms with Crippen molar-refractivity contribution < 1.29 is 41.8 Å². The molecule has 2 aliphatic heterocycles. The number of nitrogens with zero attached hydrogens (tertiary/aromatic N) is 6. The number of amides is 1. The van der Waals surface area contributed by atoms with Gasteiger partial charge in [-0.25, -0.2) is 22.5 Å². The van der Waals surface area contributed by atoms with Gasteiger partial charge in [-0.2, -0.15) is 4.98 Å². The third-order valence-electron chi connectivity index (χ3n) is 17.4. The first-order valence-corrected chi connectivity index (χ1v) is 30.2. The highest BCUT2D eigenvalue weighted by Gasteiger charge is 2.50. The van der Waals surface area contributed by atoms with Crippen LogP contribution in [0.4, 0.5) is 21.6 Å². The number of sulfonamides is 1. The molecule has 11 rings (SSSR count). The quantitative estimate of drug-likeness (QED) is 0.0492. The number of methoxy groups -OCH3 is 2. The summed E-state index contributed by atoms with van der Waals surface area (Å²) < 4.78 is 63.8. The Balaban J connectivity index is 0.806. The number of carbonyl (C=O) groups is 1. The second kappa shape index (κ2) is 22.4. The molecule has 1 amide bonds. The van der Waals surface area contributed by atoms with E-state index in [0.29, 0.717) is 44.2 Å². The van der Waals surface area contributed by atoms with Crippen molar-refractivity contribution in [1.29, 1.82) is 0 Å². The number of halogens is 1. The predicted octanol–water partition coefficient (Wildman–Crippen LogP) is 11.2. The molecule has 0 bridgehead atoms. The van der Waals surface area contributed by atoms with E-state index >= 15 is 0 Å². The van der Waals surface area contributed by atoms with Gasteiger partial charge in [-0.1, -0.05) is 44.2 Å². The van der Waals surface area contributed by atoms with Crippen LogP contribution in [0.5, 0.6) is 23.1 Å². The highest BCUT2D eigenvalue weighted by atomic mass is 32.2. The lowest BCUT2D eigenvalue weighted by Gasteiger charge is -2.58. The van der Waals surface area contributed by atoms with Crippen molar-refractivity contribution in [2.24, 2.45) is 11.3 Å². The number of nitro groups is 1. The zero-order valence-electron chi connectivity index (χ0n) is 46.6. The molecule has 428 valence electrons. The number of hydrogen-bond donors (Lipinski definition) is 4. The SMILES string of the molecule is COc1nc2[nH]cc(F)c2cc1Oc1cc(N2CCC3(CC2)CC(N2CCN(Cc4ccc(OC)c5sc(C)cc45)C[C@H]2c2ccccc2C(C)C)C3)ccc1C(=O)NS(=O)(=O)c1cnc(NCC2CCC(C)(O)CC2)c([N+](=O)[O-])c1. The van der Waals surface area contributed by atoms with Gasteiger partial charge in [0.2, 0.25) is 5.82 Å². The first kappa shape index (κ1) is 56.0. The Morgan fingerprint density at radius 1 is 0.963 bits per heavy atom. The normalized spacial score (nSPS) is 20.9. The number of fused-ring (bicyclic) bond motifs is 2. The zero-order valence-corrected chi connectivity index (χ0v) is 48.2. The molecule has 4 fully saturated rings. The summed E-state index contributed by atoms with van der Waals surface area (Å²) in [5.41, 5.74) is 3.69. The third kappa shape index (κ3) is 11.5. The average molecular weight is 1140 g/mol. The van der Waals surface area contributed by atoms with E-state index in [0.717, 1.165) is 94.8 Å².